The Hall–Kier alpha value is -0.670. The minimum Gasteiger partial charge on any atom is -0.464 e. The lowest BCUT2D eigenvalue weighted by atomic mass is 10.0. The molecule has 0 bridgehead atoms. The van der Waals surface area contributed by atoms with Crippen LogP contribution in [0.1, 0.15) is 13.8 Å². The van der Waals surface area contributed by atoms with E-state index in [0.717, 1.165) is 0 Å². The van der Waals surface area contributed by atoms with Gasteiger partial charge in [-0.05, 0) is 18.2 Å². The van der Waals surface area contributed by atoms with Crippen molar-refractivity contribution in [1.82, 2.24) is 0 Å². The molecule has 1 aliphatic heterocycles. The summed E-state index contributed by atoms with van der Waals surface area (Å²) >= 11 is 0. The molecule has 8 atom stereocenters. The first kappa shape index (κ1) is 29.4. The molecule has 5 N–H and O–H groups in total. The lowest BCUT2D eigenvalue weighted by Crippen LogP contribution is -2.52. The largest absolute Gasteiger partial charge is 0.705 e. The van der Waals surface area contributed by atoms with E-state index in [9.17, 15) is 47.6 Å². The molecular weight excluding hydrogens is 532 g/mol. The quantitative estimate of drug-likeness (QED) is 0.171. The van der Waals surface area contributed by atoms with Gasteiger partial charge in [-0.3, -0.25) is 18.5 Å². The van der Waals surface area contributed by atoms with Crippen molar-refractivity contribution in [2.24, 2.45) is 0 Å². The zero-order chi connectivity index (χ0) is 24.9. The number of phosphoric ester groups is 3. The maximum atomic E-state index is 12.2. The van der Waals surface area contributed by atoms with Gasteiger partial charge in [-0.25, -0.2) is 23.3 Å². The van der Waals surface area contributed by atoms with Gasteiger partial charge in [-0.2, -0.15) is 4.31 Å². The molecule has 1 fully saturated rings. The third-order valence-corrected chi connectivity index (χ3v) is 7.64. The lowest BCUT2D eigenvalue weighted by molar-refractivity contribution is -0.173. The van der Waals surface area contributed by atoms with Gasteiger partial charge in [0.15, 0.2) is 12.2 Å². The Kier molecular flexibility index (Phi) is 10.7. The number of rotatable bonds is 10. The fourth-order valence-electron chi connectivity index (χ4n) is 2.12. The smallest absolute Gasteiger partial charge is 0.464 e. The number of hydrogen-bond donors (Lipinski definition) is 5. The van der Waals surface area contributed by atoms with E-state index in [1.165, 1.54) is 13.8 Å². The van der Waals surface area contributed by atoms with E-state index < -0.39 is 74.7 Å². The highest BCUT2D eigenvalue weighted by molar-refractivity contribution is 7.61. The van der Waals surface area contributed by atoms with Crippen LogP contribution in [0.25, 0.3) is 0 Å². The van der Waals surface area contributed by atoms with Gasteiger partial charge in [0.1, 0.15) is 12.2 Å². The van der Waals surface area contributed by atoms with E-state index in [2.05, 4.69) is 31.7 Å². The predicted octanol–water partition coefficient (Wildman–Crippen LogP) is -0.373. The van der Waals surface area contributed by atoms with Gasteiger partial charge in [0.2, 0.25) is 0 Å². The third kappa shape index (κ3) is 8.93. The average molecular weight is 551 g/mol. The molecule has 186 valence electrons. The van der Waals surface area contributed by atoms with Crippen LogP contribution in [0.5, 0.6) is 0 Å². The van der Waals surface area contributed by atoms with Crippen LogP contribution in [-0.2, 0) is 59.5 Å². The maximum Gasteiger partial charge on any atom is 0.705 e. The van der Waals surface area contributed by atoms with Crippen LogP contribution in [0, 0.1) is 0 Å². The Labute approximate surface area is 180 Å². The van der Waals surface area contributed by atoms with E-state index in [0.29, 0.717) is 0 Å². The van der Waals surface area contributed by atoms with Gasteiger partial charge >= 0.3 is 43.7 Å². The molecule has 0 aromatic rings. The van der Waals surface area contributed by atoms with Crippen LogP contribution in [0.2, 0.25) is 0 Å². The number of hydrogen-bond acceptors (Lipinski definition) is 14. The fourth-order valence-corrected chi connectivity index (χ4v) is 5.86. The zero-order valence-electron chi connectivity index (χ0n) is 16.1. The number of esters is 2. The second kappa shape index (κ2) is 11.6. The molecule has 1 saturated heterocycles. The number of carbonyl (C=O) groups is 2. The molecule has 1 aliphatic rings. The highest BCUT2D eigenvalue weighted by Crippen LogP contribution is 2.64. The van der Waals surface area contributed by atoms with Gasteiger partial charge in [0.05, 0.1) is 13.2 Å². The number of aliphatic hydroxyl groups is 1. The summed E-state index contributed by atoms with van der Waals surface area (Å²) in [7, 11) is -20.4. The predicted molar refractivity (Wildman–Crippen MR) is 95.4 cm³/mol. The molecule has 32 heavy (non-hydrogen) atoms. The fraction of sp³-hybridized carbons (Fsp3) is 0.800. The molecule has 0 saturated carbocycles. The molecule has 0 aliphatic carbocycles. The third-order valence-electron chi connectivity index (χ3n) is 3.11. The van der Waals surface area contributed by atoms with Crippen LogP contribution < -0.4 is 0 Å². The molecular formula is C10H19O18P4+. The average Bonchev–Trinajstić information content (AvgIpc) is 2.70. The van der Waals surface area contributed by atoms with Crippen LogP contribution in [-0.4, -0.2) is 74.2 Å². The summed E-state index contributed by atoms with van der Waals surface area (Å²) in [6.07, 6.45) is -10.6. The van der Waals surface area contributed by atoms with Gasteiger partial charge in [0.25, 0.3) is 0 Å². The summed E-state index contributed by atoms with van der Waals surface area (Å²) in [5.74, 6) is -3.21. The van der Waals surface area contributed by atoms with Crippen molar-refractivity contribution in [1.29, 1.82) is 0 Å². The first-order valence-corrected chi connectivity index (χ1v) is 13.8. The zero-order valence-corrected chi connectivity index (χ0v) is 19.6. The number of carbonyl (C=O) groups excluding carboxylic acids is 2. The van der Waals surface area contributed by atoms with Crippen molar-refractivity contribution in [2.45, 2.75) is 38.3 Å². The van der Waals surface area contributed by atoms with E-state index in [1.54, 1.807) is 0 Å². The molecule has 0 aromatic heterocycles. The molecule has 0 aromatic carbocycles. The highest BCUT2D eigenvalue weighted by atomic mass is 31.3. The summed E-state index contributed by atoms with van der Waals surface area (Å²) in [5, 5.41) is 10.5. The van der Waals surface area contributed by atoms with Gasteiger partial charge in [-0.15, -0.1) is 4.89 Å². The Morgan fingerprint density at radius 1 is 1.12 bits per heavy atom. The SMILES string of the molecule is CCOC(=O)[C@@H](OP(=O)(O)O[P+](=O)O)[C@H](O)[C@@H]1OP(=O)(O)OP(=O)(O)O[C@H]1C(=O)OCC. The van der Waals surface area contributed by atoms with Crippen molar-refractivity contribution >= 4 is 43.7 Å². The van der Waals surface area contributed by atoms with E-state index in [1.807, 2.05) is 0 Å². The summed E-state index contributed by atoms with van der Waals surface area (Å²) in [5.41, 5.74) is 0. The molecule has 18 nitrogen and oxygen atoms in total. The molecule has 0 amide bonds. The minimum atomic E-state index is -5.59. The summed E-state index contributed by atoms with van der Waals surface area (Å²) in [6.45, 7) is 1.77. The van der Waals surface area contributed by atoms with Crippen LogP contribution in [0.4, 0.5) is 0 Å². The Morgan fingerprint density at radius 2 is 1.66 bits per heavy atom. The van der Waals surface area contributed by atoms with Crippen molar-refractivity contribution in [2.75, 3.05) is 13.2 Å². The van der Waals surface area contributed by atoms with Gasteiger partial charge in [0, 0.05) is 4.57 Å². The Balaban J connectivity index is 3.46. The highest BCUT2D eigenvalue weighted by Gasteiger charge is 2.56. The van der Waals surface area contributed by atoms with E-state index in [-0.39, 0.29) is 6.61 Å². The standard InChI is InChI=1S/C10H18O18P4/c1-3-22-9(12)7(25-30(16,17)27-29(14)15)5(11)6-8(10(13)23-4-2)26-32(20,21)28-31(18,19)24-6/h5-8,11H,3-4H2,1-2H3,(H3-,14,15,16,17,18,19,20,21)/p+1/t5-,6+,7+,8-/m1/s1. The first-order chi connectivity index (χ1) is 14.5. The van der Waals surface area contributed by atoms with Crippen molar-refractivity contribution in [3.05, 3.63) is 0 Å². The summed E-state index contributed by atoms with van der Waals surface area (Å²) in [4.78, 5) is 61.5. The topological polar surface area (TPSA) is 268 Å². The van der Waals surface area contributed by atoms with Crippen molar-refractivity contribution in [3.63, 3.8) is 0 Å². The summed E-state index contributed by atoms with van der Waals surface area (Å²) < 4.78 is 76.1. The second-order valence-electron chi connectivity index (χ2n) is 5.42. The van der Waals surface area contributed by atoms with Crippen molar-refractivity contribution < 1.29 is 84.2 Å². The van der Waals surface area contributed by atoms with Gasteiger partial charge in [-0.1, -0.05) is 0 Å². The molecule has 1 heterocycles. The lowest BCUT2D eigenvalue weighted by Gasteiger charge is -2.30. The molecule has 22 heteroatoms. The normalized spacial score (nSPS) is 32.7. The Morgan fingerprint density at radius 3 is 2.16 bits per heavy atom. The number of phosphoric acid groups is 3. The first-order valence-electron chi connectivity index (χ1n) is 8.16. The Bertz CT molecular complexity index is 857. The summed E-state index contributed by atoms with van der Waals surface area (Å²) in [6, 6.07) is 0. The number of ether oxygens (including phenoxy) is 2. The van der Waals surface area contributed by atoms with Crippen LogP contribution in [0.3, 0.4) is 0 Å². The van der Waals surface area contributed by atoms with E-state index in [4.69, 9.17) is 4.89 Å². The number of aliphatic hydroxyl groups excluding tert-OH is 1. The molecule has 1 rings (SSSR count). The van der Waals surface area contributed by atoms with Crippen LogP contribution >= 0.6 is 31.7 Å². The molecule has 0 radical (unpaired) electrons. The molecule has 0 spiro atoms. The second-order valence-corrected chi connectivity index (χ2v) is 10.6. The minimum absolute atomic E-state index is 0.365. The van der Waals surface area contributed by atoms with Crippen LogP contribution in [0.15, 0.2) is 0 Å². The monoisotopic (exact) mass is 551 g/mol. The van der Waals surface area contributed by atoms with Crippen molar-refractivity contribution in [3.8, 4) is 0 Å². The molecule has 4 unspecified atom stereocenters. The van der Waals surface area contributed by atoms with E-state index >= 15 is 0 Å². The van der Waals surface area contributed by atoms with Gasteiger partial charge < -0.3 is 24.4 Å². The maximum absolute atomic E-state index is 12.2.